The van der Waals surface area contributed by atoms with Gasteiger partial charge in [0.1, 0.15) is 11.9 Å². The van der Waals surface area contributed by atoms with E-state index in [-0.39, 0.29) is 36.6 Å². The van der Waals surface area contributed by atoms with E-state index in [1.165, 1.54) is 6.07 Å². The molecule has 1 fully saturated rings. The molecule has 0 bridgehead atoms. The molecule has 0 aliphatic heterocycles. The molecule has 1 atom stereocenters. The molecule has 2 amide bonds. The van der Waals surface area contributed by atoms with Crippen molar-refractivity contribution in [2.45, 2.75) is 71.0 Å². The van der Waals surface area contributed by atoms with Crippen LogP contribution in [0, 0.1) is 19.7 Å². The molecule has 0 saturated heterocycles. The molecule has 5 heteroatoms. The summed E-state index contributed by atoms with van der Waals surface area (Å²) in [5, 5.41) is 3.19. The van der Waals surface area contributed by atoms with Crippen LogP contribution in [0.5, 0.6) is 0 Å². The summed E-state index contributed by atoms with van der Waals surface area (Å²) in [5.41, 5.74) is 4.38. The first-order valence-electron chi connectivity index (χ1n) is 12.8. The van der Waals surface area contributed by atoms with Crippen LogP contribution >= 0.6 is 0 Å². The number of nitrogens with zero attached hydrogens (tertiary/aromatic N) is 1. The highest BCUT2D eigenvalue weighted by Gasteiger charge is 2.32. The summed E-state index contributed by atoms with van der Waals surface area (Å²) in [6.07, 6.45) is 4.62. The van der Waals surface area contributed by atoms with E-state index in [0.717, 1.165) is 47.9 Å². The summed E-state index contributed by atoms with van der Waals surface area (Å²) >= 11 is 0. The van der Waals surface area contributed by atoms with Gasteiger partial charge in [-0.3, -0.25) is 9.59 Å². The monoisotopic (exact) mass is 486 g/mol. The minimum atomic E-state index is -0.745. The van der Waals surface area contributed by atoms with E-state index < -0.39 is 6.04 Å². The van der Waals surface area contributed by atoms with Crippen molar-refractivity contribution in [1.82, 2.24) is 10.2 Å². The SMILES string of the molecule is Cc1ccc(C)c(CC(=O)N(Cc2ccccc2F)[C@H](Cc2ccccc2)C(=O)NC2CCCC2)c1. The Morgan fingerprint density at radius 3 is 2.36 bits per heavy atom. The zero-order chi connectivity index (χ0) is 25.5. The summed E-state index contributed by atoms with van der Waals surface area (Å²) in [4.78, 5) is 29.2. The molecule has 0 heterocycles. The van der Waals surface area contributed by atoms with Crippen molar-refractivity contribution in [3.63, 3.8) is 0 Å². The quantitative estimate of drug-likeness (QED) is 0.423. The van der Waals surface area contributed by atoms with Gasteiger partial charge in [0, 0.05) is 24.6 Å². The van der Waals surface area contributed by atoms with Crippen molar-refractivity contribution in [1.29, 1.82) is 0 Å². The largest absolute Gasteiger partial charge is 0.352 e. The van der Waals surface area contributed by atoms with Crippen molar-refractivity contribution in [2.24, 2.45) is 0 Å². The molecule has 4 rings (SSSR count). The lowest BCUT2D eigenvalue weighted by molar-refractivity contribution is -0.141. The van der Waals surface area contributed by atoms with Gasteiger partial charge in [-0.05, 0) is 49.4 Å². The van der Waals surface area contributed by atoms with Crippen LogP contribution < -0.4 is 5.32 Å². The van der Waals surface area contributed by atoms with Gasteiger partial charge in [-0.25, -0.2) is 4.39 Å². The number of halogens is 1. The van der Waals surface area contributed by atoms with Gasteiger partial charge in [-0.15, -0.1) is 0 Å². The highest BCUT2D eigenvalue weighted by molar-refractivity contribution is 5.89. The van der Waals surface area contributed by atoms with E-state index >= 15 is 0 Å². The molecule has 1 saturated carbocycles. The number of carbonyl (C=O) groups excluding carboxylic acids is 2. The molecule has 0 radical (unpaired) electrons. The highest BCUT2D eigenvalue weighted by atomic mass is 19.1. The minimum absolute atomic E-state index is 0.0337. The maximum atomic E-state index is 14.7. The maximum absolute atomic E-state index is 14.7. The van der Waals surface area contributed by atoms with Gasteiger partial charge in [-0.2, -0.15) is 0 Å². The number of hydrogen-bond acceptors (Lipinski definition) is 2. The molecule has 1 aliphatic rings. The van der Waals surface area contributed by atoms with Gasteiger partial charge in [0.2, 0.25) is 11.8 Å². The predicted molar refractivity (Wildman–Crippen MR) is 141 cm³/mol. The number of amides is 2. The molecule has 1 N–H and O–H groups in total. The Kier molecular flexibility index (Phi) is 8.52. The van der Waals surface area contributed by atoms with Crippen LogP contribution in [-0.4, -0.2) is 28.8 Å². The van der Waals surface area contributed by atoms with E-state index in [1.54, 1.807) is 23.1 Å². The standard InChI is InChI=1S/C31H35FN2O2/c1-22-16-17-23(2)26(18-22)20-30(35)34(21-25-12-6-9-15-28(25)32)29(19-24-10-4-3-5-11-24)31(36)33-27-13-7-8-14-27/h3-6,9-12,15-18,27,29H,7-8,13-14,19-21H2,1-2H3,(H,33,36)/t29-/m1/s1. The molecule has 0 unspecified atom stereocenters. The smallest absolute Gasteiger partial charge is 0.243 e. The van der Waals surface area contributed by atoms with Crippen molar-refractivity contribution in [3.8, 4) is 0 Å². The second-order valence-corrected chi connectivity index (χ2v) is 9.92. The molecule has 188 valence electrons. The van der Waals surface area contributed by atoms with E-state index in [1.807, 2.05) is 62.4 Å². The third-order valence-electron chi connectivity index (χ3n) is 7.12. The molecule has 0 spiro atoms. The Bertz CT molecular complexity index is 1190. The highest BCUT2D eigenvalue weighted by Crippen LogP contribution is 2.22. The van der Waals surface area contributed by atoms with Gasteiger partial charge in [0.05, 0.1) is 6.42 Å². The normalized spacial score (nSPS) is 14.4. The summed E-state index contributed by atoms with van der Waals surface area (Å²) in [7, 11) is 0. The molecular weight excluding hydrogens is 451 g/mol. The zero-order valence-electron chi connectivity index (χ0n) is 21.2. The lowest BCUT2D eigenvalue weighted by Gasteiger charge is -2.32. The van der Waals surface area contributed by atoms with Gasteiger partial charge in [0.15, 0.2) is 0 Å². The third kappa shape index (κ3) is 6.60. The Morgan fingerprint density at radius 2 is 1.64 bits per heavy atom. The van der Waals surface area contributed by atoms with E-state index in [0.29, 0.717) is 12.0 Å². The second kappa shape index (κ2) is 12.0. The van der Waals surface area contributed by atoms with Gasteiger partial charge >= 0.3 is 0 Å². The van der Waals surface area contributed by atoms with Crippen molar-refractivity contribution < 1.29 is 14.0 Å². The molecular formula is C31H35FN2O2. The summed E-state index contributed by atoms with van der Waals surface area (Å²) in [6, 6.07) is 21.6. The molecule has 4 nitrogen and oxygen atoms in total. The Labute approximate surface area is 213 Å². The molecule has 3 aromatic rings. The second-order valence-electron chi connectivity index (χ2n) is 9.92. The van der Waals surface area contributed by atoms with Crippen molar-refractivity contribution in [3.05, 3.63) is 106 Å². The topological polar surface area (TPSA) is 49.4 Å². The average molecular weight is 487 g/mol. The lowest BCUT2D eigenvalue weighted by Crippen LogP contribution is -2.52. The Hall–Kier alpha value is -3.47. The first kappa shape index (κ1) is 25.6. The van der Waals surface area contributed by atoms with Crippen LogP contribution in [0.3, 0.4) is 0 Å². The van der Waals surface area contributed by atoms with Crippen LogP contribution in [0.2, 0.25) is 0 Å². The third-order valence-corrected chi connectivity index (χ3v) is 7.12. The van der Waals surface area contributed by atoms with Crippen LogP contribution in [0.4, 0.5) is 4.39 Å². The fourth-order valence-electron chi connectivity index (χ4n) is 4.99. The Balaban J connectivity index is 1.69. The van der Waals surface area contributed by atoms with E-state index in [2.05, 4.69) is 5.32 Å². The fourth-order valence-corrected chi connectivity index (χ4v) is 4.99. The van der Waals surface area contributed by atoms with Crippen LogP contribution in [0.25, 0.3) is 0 Å². The lowest BCUT2D eigenvalue weighted by atomic mass is 9.99. The first-order chi connectivity index (χ1) is 17.4. The zero-order valence-corrected chi connectivity index (χ0v) is 21.2. The maximum Gasteiger partial charge on any atom is 0.243 e. The molecule has 0 aromatic heterocycles. The minimum Gasteiger partial charge on any atom is -0.352 e. The van der Waals surface area contributed by atoms with Crippen molar-refractivity contribution >= 4 is 11.8 Å². The van der Waals surface area contributed by atoms with E-state index in [9.17, 15) is 14.0 Å². The molecule has 36 heavy (non-hydrogen) atoms. The van der Waals surface area contributed by atoms with Crippen LogP contribution in [0.15, 0.2) is 72.8 Å². The summed E-state index contributed by atoms with van der Waals surface area (Å²) in [5.74, 6) is -0.734. The number of rotatable bonds is 9. The number of carbonyl (C=O) groups is 2. The predicted octanol–water partition coefficient (Wildman–Crippen LogP) is 5.68. The molecule has 3 aromatic carbocycles. The summed E-state index contributed by atoms with van der Waals surface area (Å²) in [6.45, 7) is 4.02. The number of nitrogens with one attached hydrogen (secondary N) is 1. The molecule has 1 aliphatic carbocycles. The van der Waals surface area contributed by atoms with Crippen LogP contribution in [-0.2, 0) is 29.0 Å². The van der Waals surface area contributed by atoms with Crippen LogP contribution in [0.1, 0.15) is 53.5 Å². The summed E-state index contributed by atoms with van der Waals surface area (Å²) < 4.78 is 14.7. The Morgan fingerprint density at radius 1 is 0.944 bits per heavy atom. The first-order valence-corrected chi connectivity index (χ1v) is 12.8. The fraction of sp³-hybridized carbons (Fsp3) is 0.355. The number of aryl methyl sites for hydroxylation is 2. The van der Waals surface area contributed by atoms with Gasteiger partial charge < -0.3 is 10.2 Å². The van der Waals surface area contributed by atoms with Gasteiger partial charge in [-0.1, -0.05) is 85.1 Å². The average Bonchev–Trinajstić information content (AvgIpc) is 3.38. The van der Waals surface area contributed by atoms with Gasteiger partial charge in [0.25, 0.3) is 0 Å². The van der Waals surface area contributed by atoms with Crippen molar-refractivity contribution in [2.75, 3.05) is 0 Å². The van der Waals surface area contributed by atoms with E-state index in [4.69, 9.17) is 0 Å². The number of hydrogen-bond donors (Lipinski definition) is 1. The number of benzene rings is 3.